The number of nitrogens with zero attached hydrogens (tertiary/aromatic N) is 2. The Morgan fingerprint density at radius 3 is 2.47 bits per heavy atom. The summed E-state index contributed by atoms with van der Waals surface area (Å²) >= 11 is 0. The van der Waals surface area contributed by atoms with Gasteiger partial charge in [-0.25, -0.2) is 0 Å². The average Bonchev–Trinajstić information content (AvgIpc) is 2.34. The number of aliphatic carboxylic acids is 1. The second-order valence-electron chi connectivity index (χ2n) is 3.97. The van der Waals surface area contributed by atoms with Gasteiger partial charge in [0.15, 0.2) is 0 Å². The molecule has 0 aliphatic rings. The molecule has 0 atom stereocenters. The first kappa shape index (κ1) is 14.6. The number of benzene rings is 1. The molecule has 1 aromatic carbocycles. The second-order valence-corrected chi connectivity index (χ2v) is 3.97. The van der Waals surface area contributed by atoms with Gasteiger partial charge in [-0.1, -0.05) is 0 Å². The lowest BCUT2D eigenvalue weighted by molar-refractivity contribution is -0.384. The first-order chi connectivity index (χ1) is 8.86. The predicted octanol–water partition coefficient (Wildman–Crippen LogP) is 1.45. The largest absolute Gasteiger partial charge is 0.480 e. The molecule has 0 saturated heterocycles. The average molecular weight is 266 g/mol. The highest BCUT2D eigenvalue weighted by Gasteiger charge is 2.20. The molecule has 0 fully saturated rings. The number of carbonyl (C=O) groups is 2. The van der Waals surface area contributed by atoms with Gasteiger partial charge < -0.3 is 10.0 Å². The van der Waals surface area contributed by atoms with Crippen LogP contribution in [0.3, 0.4) is 0 Å². The highest BCUT2D eigenvalue weighted by Crippen LogP contribution is 2.18. The molecule has 7 heteroatoms. The van der Waals surface area contributed by atoms with Crippen LogP contribution < -0.4 is 0 Å². The molecular weight excluding hydrogens is 252 g/mol. The molecule has 0 heterocycles. The molecule has 1 aromatic rings. The number of hydrogen-bond donors (Lipinski definition) is 1. The molecular formula is C12H14N2O5. The van der Waals surface area contributed by atoms with E-state index in [1.165, 1.54) is 18.2 Å². The van der Waals surface area contributed by atoms with E-state index in [0.29, 0.717) is 5.56 Å². The normalized spacial score (nSPS) is 10.0. The van der Waals surface area contributed by atoms with Gasteiger partial charge in [-0.15, -0.1) is 0 Å². The van der Waals surface area contributed by atoms with Crippen molar-refractivity contribution in [2.45, 2.75) is 13.8 Å². The third-order valence-corrected chi connectivity index (χ3v) is 2.65. The molecule has 0 spiro atoms. The van der Waals surface area contributed by atoms with E-state index in [2.05, 4.69) is 0 Å². The van der Waals surface area contributed by atoms with Crippen molar-refractivity contribution in [1.29, 1.82) is 0 Å². The maximum absolute atomic E-state index is 12.1. The van der Waals surface area contributed by atoms with Crippen molar-refractivity contribution in [3.8, 4) is 0 Å². The van der Waals surface area contributed by atoms with Crippen LogP contribution in [0.15, 0.2) is 18.2 Å². The summed E-state index contributed by atoms with van der Waals surface area (Å²) in [6.45, 7) is 3.10. The summed E-state index contributed by atoms with van der Waals surface area (Å²) in [4.78, 5) is 34.0. The molecule has 0 bridgehead atoms. The van der Waals surface area contributed by atoms with Crippen molar-refractivity contribution in [2.75, 3.05) is 13.1 Å². The fourth-order valence-electron chi connectivity index (χ4n) is 1.66. The predicted molar refractivity (Wildman–Crippen MR) is 67.0 cm³/mol. The van der Waals surface area contributed by atoms with Crippen molar-refractivity contribution < 1.29 is 19.6 Å². The van der Waals surface area contributed by atoms with Gasteiger partial charge >= 0.3 is 5.97 Å². The number of rotatable bonds is 5. The van der Waals surface area contributed by atoms with Crippen LogP contribution in [0.5, 0.6) is 0 Å². The number of likely N-dealkylation sites (N-methyl/N-ethyl adjacent to an activating group) is 1. The van der Waals surface area contributed by atoms with Gasteiger partial charge in [0.1, 0.15) is 6.54 Å². The minimum atomic E-state index is -1.10. The summed E-state index contributed by atoms with van der Waals surface area (Å²) in [5, 5.41) is 19.3. The maximum atomic E-state index is 12.1. The Morgan fingerprint density at radius 1 is 1.42 bits per heavy atom. The Morgan fingerprint density at radius 2 is 2.05 bits per heavy atom. The van der Waals surface area contributed by atoms with Crippen molar-refractivity contribution in [2.24, 2.45) is 0 Å². The van der Waals surface area contributed by atoms with E-state index in [0.717, 1.165) is 4.90 Å². The number of amides is 1. The minimum Gasteiger partial charge on any atom is -0.480 e. The van der Waals surface area contributed by atoms with E-state index in [4.69, 9.17) is 5.11 Å². The zero-order valence-electron chi connectivity index (χ0n) is 10.6. The monoisotopic (exact) mass is 266 g/mol. The molecule has 1 N–H and O–H groups in total. The third kappa shape index (κ3) is 3.51. The Balaban J connectivity index is 3.05. The van der Waals surface area contributed by atoms with Gasteiger partial charge in [0.2, 0.25) is 0 Å². The third-order valence-electron chi connectivity index (χ3n) is 2.65. The molecule has 0 aliphatic heterocycles. The Kier molecular flexibility index (Phi) is 4.57. The van der Waals surface area contributed by atoms with Gasteiger partial charge in [0, 0.05) is 24.2 Å². The van der Waals surface area contributed by atoms with Crippen LogP contribution >= 0.6 is 0 Å². The molecule has 0 unspecified atom stereocenters. The SMILES string of the molecule is CCN(CC(=O)O)C(=O)c1ccc([N+](=O)[O-])cc1C. The van der Waals surface area contributed by atoms with E-state index in [-0.39, 0.29) is 17.8 Å². The summed E-state index contributed by atoms with van der Waals surface area (Å²) in [6.07, 6.45) is 0. The second kappa shape index (κ2) is 5.94. The lowest BCUT2D eigenvalue weighted by Crippen LogP contribution is -2.35. The standard InChI is InChI=1S/C12H14N2O5/c1-3-13(7-11(15)16)12(17)10-5-4-9(14(18)19)6-8(10)2/h4-6H,3,7H2,1-2H3,(H,15,16). The van der Waals surface area contributed by atoms with Crippen LogP contribution in [0, 0.1) is 17.0 Å². The van der Waals surface area contributed by atoms with E-state index in [9.17, 15) is 19.7 Å². The number of carboxylic acid groups (broad SMARTS) is 1. The molecule has 0 aliphatic carbocycles. The Bertz CT molecular complexity index is 527. The minimum absolute atomic E-state index is 0.102. The molecule has 0 radical (unpaired) electrons. The Hall–Kier alpha value is -2.44. The maximum Gasteiger partial charge on any atom is 0.323 e. The Labute approximate surface area is 109 Å². The molecule has 102 valence electrons. The molecule has 7 nitrogen and oxygen atoms in total. The number of aryl methyl sites for hydroxylation is 1. The van der Waals surface area contributed by atoms with Crippen LogP contribution in [0.4, 0.5) is 5.69 Å². The summed E-state index contributed by atoms with van der Waals surface area (Å²) in [7, 11) is 0. The molecule has 1 amide bonds. The summed E-state index contributed by atoms with van der Waals surface area (Å²) < 4.78 is 0. The fraction of sp³-hybridized carbons (Fsp3) is 0.333. The van der Waals surface area contributed by atoms with Gasteiger partial charge in [0.25, 0.3) is 11.6 Å². The number of carboxylic acids is 1. The molecule has 19 heavy (non-hydrogen) atoms. The topological polar surface area (TPSA) is 101 Å². The fourth-order valence-corrected chi connectivity index (χ4v) is 1.66. The number of hydrogen-bond acceptors (Lipinski definition) is 4. The molecule has 0 saturated carbocycles. The van der Waals surface area contributed by atoms with E-state index < -0.39 is 23.3 Å². The van der Waals surface area contributed by atoms with Crippen molar-refractivity contribution >= 4 is 17.6 Å². The smallest absolute Gasteiger partial charge is 0.323 e. The lowest BCUT2D eigenvalue weighted by Gasteiger charge is -2.19. The van der Waals surface area contributed by atoms with Crippen LogP contribution in [-0.2, 0) is 4.79 Å². The van der Waals surface area contributed by atoms with E-state index >= 15 is 0 Å². The van der Waals surface area contributed by atoms with Gasteiger partial charge in [-0.2, -0.15) is 0 Å². The number of carbonyl (C=O) groups excluding carboxylic acids is 1. The van der Waals surface area contributed by atoms with Gasteiger partial charge in [-0.3, -0.25) is 19.7 Å². The highest BCUT2D eigenvalue weighted by molar-refractivity contribution is 5.97. The molecule has 1 rings (SSSR count). The quantitative estimate of drug-likeness (QED) is 0.642. The lowest BCUT2D eigenvalue weighted by atomic mass is 10.1. The van der Waals surface area contributed by atoms with Crippen molar-refractivity contribution in [3.63, 3.8) is 0 Å². The first-order valence-corrected chi connectivity index (χ1v) is 5.63. The van der Waals surface area contributed by atoms with E-state index in [1.807, 2.05) is 0 Å². The number of non-ortho nitro benzene ring substituents is 1. The molecule has 0 aromatic heterocycles. The van der Waals surface area contributed by atoms with Crippen LogP contribution in [-0.4, -0.2) is 39.9 Å². The van der Waals surface area contributed by atoms with Gasteiger partial charge in [0.05, 0.1) is 4.92 Å². The van der Waals surface area contributed by atoms with Crippen LogP contribution in [0.2, 0.25) is 0 Å². The van der Waals surface area contributed by atoms with Gasteiger partial charge in [-0.05, 0) is 25.5 Å². The van der Waals surface area contributed by atoms with Crippen LogP contribution in [0.1, 0.15) is 22.8 Å². The zero-order valence-corrected chi connectivity index (χ0v) is 10.6. The van der Waals surface area contributed by atoms with Crippen molar-refractivity contribution in [1.82, 2.24) is 4.90 Å². The van der Waals surface area contributed by atoms with Crippen LogP contribution in [0.25, 0.3) is 0 Å². The van der Waals surface area contributed by atoms with E-state index in [1.54, 1.807) is 13.8 Å². The van der Waals surface area contributed by atoms with Crippen molar-refractivity contribution in [3.05, 3.63) is 39.4 Å². The number of nitro benzene ring substituents is 1. The summed E-state index contributed by atoms with van der Waals surface area (Å²) in [5.74, 6) is -1.55. The summed E-state index contributed by atoms with van der Waals surface area (Å²) in [6, 6.07) is 3.87. The zero-order chi connectivity index (χ0) is 14.6. The first-order valence-electron chi connectivity index (χ1n) is 5.63. The summed E-state index contributed by atoms with van der Waals surface area (Å²) in [5.41, 5.74) is 0.618. The number of nitro groups is 1. The highest BCUT2D eigenvalue weighted by atomic mass is 16.6.